The number of carbonyl (C=O) groups excluding carboxylic acids is 1. The number of ether oxygens (including phenoxy) is 1. The van der Waals surface area contributed by atoms with Gasteiger partial charge < -0.3 is 10.1 Å². The molecule has 128 valence electrons. The van der Waals surface area contributed by atoms with Crippen molar-refractivity contribution < 1.29 is 17.9 Å². The smallest absolute Gasteiger partial charge is 0.339 e. The van der Waals surface area contributed by atoms with Crippen LogP contribution in [0.4, 0.5) is 0 Å². The molecule has 0 amide bonds. The van der Waals surface area contributed by atoms with Crippen LogP contribution >= 0.6 is 11.6 Å². The molecule has 0 aromatic heterocycles. The molecule has 1 heterocycles. The average Bonchev–Trinajstić information content (AvgIpc) is 2.54. The van der Waals surface area contributed by atoms with E-state index in [4.69, 9.17) is 11.6 Å². The summed E-state index contributed by atoms with van der Waals surface area (Å²) in [4.78, 5) is 11.6. The zero-order chi connectivity index (χ0) is 17.0. The van der Waals surface area contributed by atoms with Crippen LogP contribution in [-0.4, -0.2) is 52.5 Å². The summed E-state index contributed by atoms with van der Waals surface area (Å²) in [5.41, 5.74) is 0.153. The molecule has 1 aliphatic rings. The monoisotopic (exact) mass is 360 g/mol. The molecular formula is C15H21ClN2O4S. The lowest BCUT2D eigenvalue weighted by molar-refractivity contribution is 0.0601. The fourth-order valence-corrected chi connectivity index (χ4v) is 4.69. The van der Waals surface area contributed by atoms with E-state index in [1.165, 1.54) is 29.6 Å². The van der Waals surface area contributed by atoms with Crippen molar-refractivity contribution in [3.63, 3.8) is 0 Å². The van der Waals surface area contributed by atoms with E-state index in [0.717, 1.165) is 19.4 Å². The lowest BCUT2D eigenvalue weighted by Gasteiger charge is -2.31. The third-order valence-corrected chi connectivity index (χ3v) is 6.13. The van der Waals surface area contributed by atoms with E-state index in [1.54, 1.807) is 0 Å². The highest BCUT2D eigenvalue weighted by molar-refractivity contribution is 7.89. The highest BCUT2D eigenvalue weighted by Gasteiger charge is 2.30. The van der Waals surface area contributed by atoms with Crippen molar-refractivity contribution in [2.45, 2.75) is 17.7 Å². The SMILES string of the molecule is CNCC1CCCN(S(=O)(=O)c2ccc(C(=O)OC)c(Cl)c2)C1. The molecule has 1 unspecified atom stereocenters. The van der Waals surface area contributed by atoms with Crippen LogP contribution in [0.3, 0.4) is 0 Å². The molecule has 0 saturated carbocycles. The molecule has 0 bridgehead atoms. The number of halogens is 1. The highest BCUT2D eigenvalue weighted by Crippen LogP contribution is 2.27. The summed E-state index contributed by atoms with van der Waals surface area (Å²) in [5.74, 6) is -0.292. The maximum atomic E-state index is 12.8. The summed E-state index contributed by atoms with van der Waals surface area (Å²) in [5, 5.41) is 3.16. The first kappa shape index (κ1) is 18.2. The number of hydrogen-bond donors (Lipinski definition) is 1. The van der Waals surface area contributed by atoms with Gasteiger partial charge in [-0.2, -0.15) is 4.31 Å². The Morgan fingerprint density at radius 3 is 2.83 bits per heavy atom. The lowest BCUT2D eigenvalue weighted by Crippen LogP contribution is -2.42. The van der Waals surface area contributed by atoms with Gasteiger partial charge in [0.15, 0.2) is 0 Å². The van der Waals surface area contributed by atoms with E-state index in [0.29, 0.717) is 19.0 Å². The van der Waals surface area contributed by atoms with E-state index in [1.807, 2.05) is 7.05 Å². The minimum Gasteiger partial charge on any atom is -0.465 e. The summed E-state index contributed by atoms with van der Waals surface area (Å²) in [7, 11) is -0.507. The van der Waals surface area contributed by atoms with Gasteiger partial charge in [0.05, 0.1) is 22.6 Å². The van der Waals surface area contributed by atoms with Gasteiger partial charge >= 0.3 is 5.97 Å². The van der Waals surface area contributed by atoms with Gasteiger partial charge in [-0.3, -0.25) is 0 Å². The van der Waals surface area contributed by atoms with Crippen molar-refractivity contribution in [3.05, 3.63) is 28.8 Å². The summed E-state index contributed by atoms with van der Waals surface area (Å²) >= 11 is 6.03. The molecule has 1 aromatic carbocycles. The molecule has 23 heavy (non-hydrogen) atoms. The molecule has 1 N–H and O–H groups in total. The Morgan fingerprint density at radius 2 is 2.22 bits per heavy atom. The van der Waals surface area contributed by atoms with Gasteiger partial charge in [-0.15, -0.1) is 0 Å². The van der Waals surface area contributed by atoms with Crippen molar-refractivity contribution >= 4 is 27.6 Å². The normalized spacial score (nSPS) is 19.5. The molecule has 0 aliphatic carbocycles. The second-order valence-electron chi connectivity index (χ2n) is 5.56. The van der Waals surface area contributed by atoms with Crippen LogP contribution in [0, 0.1) is 5.92 Å². The molecule has 0 spiro atoms. The first-order valence-electron chi connectivity index (χ1n) is 7.42. The molecule has 1 saturated heterocycles. The average molecular weight is 361 g/mol. The largest absolute Gasteiger partial charge is 0.465 e. The van der Waals surface area contributed by atoms with E-state index in [2.05, 4.69) is 10.1 Å². The first-order valence-corrected chi connectivity index (χ1v) is 9.24. The fraction of sp³-hybridized carbons (Fsp3) is 0.533. The van der Waals surface area contributed by atoms with Gasteiger partial charge in [-0.1, -0.05) is 11.6 Å². The minimum absolute atomic E-state index is 0.0710. The molecule has 1 atom stereocenters. The lowest BCUT2D eigenvalue weighted by atomic mass is 10.00. The van der Waals surface area contributed by atoms with Crippen molar-refractivity contribution in [1.82, 2.24) is 9.62 Å². The number of nitrogens with zero attached hydrogens (tertiary/aromatic N) is 1. The summed E-state index contributed by atoms with van der Waals surface area (Å²) < 4.78 is 31.6. The van der Waals surface area contributed by atoms with Crippen LogP contribution in [0.5, 0.6) is 0 Å². The second kappa shape index (κ2) is 7.61. The second-order valence-corrected chi connectivity index (χ2v) is 7.91. The van der Waals surface area contributed by atoms with E-state index in [-0.39, 0.29) is 15.5 Å². The predicted octanol–water partition coefficient (Wildman–Crippen LogP) is 1.75. The molecule has 2 rings (SSSR count). The minimum atomic E-state index is -3.62. The summed E-state index contributed by atoms with van der Waals surface area (Å²) in [6, 6.07) is 4.09. The van der Waals surface area contributed by atoms with Crippen molar-refractivity contribution in [2.75, 3.05) is 33.8 Å². The Balaban J connectivity index is 2.25. The van der Waals surface area contributed by atoms with E-state index < -0.39 is 16.0 Å². The number of nitrogens with one attached hydrogen (secondary N) is 1. The first-order chi connectivity index (χ1) is 10.9. The Labute approximate surface area is 141 Å². The summed E-state index contributed by atoms with van der Waals surface area (Å²) in [6.07, 6.45) is 1.84. The number of esters is 1. The van der Waals surface area contributed by atoms with Gasteiger partial charge in [0.1, 0.15) is 0 Å². The van der Waals surface area contributed by atoms with Gasteiger partial charge in [-0.25, -0.2) is 13.2 Å². The number of rotatable bonds is 5. The molecular weight excluding hydrogens is 340 g/mol. The Kier molecular flexibility index (Phi) is 6.02. The van der Waals surface area contributed by atoms with Gasteiger partial charge in [0.2, 0.25) is 10.0 Å². The van der Waals surface area contributed by atoms with E-state index in [9.17, 15) is 13.2 Å². The summed E-state index contributed by atoms with van der Waals surface area (Å²) in [6.45, 7) is 1.77. The van der Waals surface area contributed by atoms with Gasteiger partial charge in [0, 0.05) is 13.1 Å². The zero-order valence-electron chi connectivity index (χ0n) is 13.2. The number of piperidine rings is 1. The van der Waals surface area contributed by atoms with Crippen molar-refractivity contribution in [3.8, 4) is 0 Å². The molecule has 0 radical (unpaired) electrons. The van der Waals surface area contributed by atoms with Crippen LogP contribution in [-0.2, 0) is 14.8 Å². The van der Waals surface area contributed by atoms with Gasteiger partial charge in [-0.05, 0) is 50.6 Å². The van der Waals surface area contributed by atoms with Crippen LogP contribution in [0.1, 0.15) is 23.2 Å². The number of carbonyl (C=O) groups is 1. The Hall–Kier alpha value is -1.15. The molecule has 8 heteroatoms. The van der Waals surface area contributed by atoms with Gasteiger partial charge in [0.25, 0.3) is 0 Å². The zero-order valence-corrected chi connectivity index (χ0v) is 14.8. The Morgan fingerprint density at radius 1 is 1.48 bits per heavy atom. The third kappa shape index (κ3) is 4.03. The standard InChI is InChI=1S/C15H21ClN2O4S/c1-17-9-11-4-3-7-18(10-11)23(20,21)12-5-6-13(14(16)8-12)15(19)22-2/h5-6,8,11,17H,3-4,7,9-10H2,1-2H3. The molecule has 1 aromatic rings. The van der Waals surface area contributed by atoms with Crippen LogP contribution in [0.15, 0.2) is 23.1 Å². The predicted molar refractivity (Wildman–Crippen MR) is 88.2 cm³/mol. The Bertz CT molecular complexity index is 676. The number of hydrogen-bond acceptors (Lipinski definition) is 5. The van der Waals surface area contributed by atoms with Crippen LogP contribution < -0.4 is 5.32 Å². The fourth-order valence-electron chi connectivity index (χ4n) is 2.78. The third-order valence-electron chi connectivity index (χ3n) is 3.96. The number of benzene rings is 1. The maximum absolute atomic E-state index is 12.8. The number of methoxy groups -OCH3 is 1. The topological polar surface area (TPSA) is 75.7 Å². The van der Waals surface area contributed by atoms with Crippen LogP contribution in [0.2, 0.25) is 5.02 Å². The highest BCUT2D eigenvalue weighted by atomic mass is 35.5. The van der Waals surface area contributed by atoms with E-state index >= 15 is 0 Å². The van der Waals surface area contributed by atoms with Crippen molar-refractivity contribution in [2.24, 2.45) is 5.92 Å². The molecule has 1 fully saturated rings. The quantitative estimate of drug-likeness (QED) is 0.809. The van der Waals surface area contributed by atoms with Crippen molar-refractivity contribution in [1.29, 1.82) is 0 Å². The number of sulfonamides is 1. The molecule has 6 nitrogen and oxygen atoms in total. The molecule has 1 aliphatic heterocycles. The maximum Gasteiger partial charge on any atom is 0.339 e. The van der Waals surface area contributed by atoms with Crippen LogP contribution in [0.25, 0.3) is 0 Å².